The van der Waals surface area contributed by atoms with E-state index in [0.29, 0.717) is 17.1 Å². The van der Waals surface area contributed by atoms with Crippen molar-refractivity contribution in [1.29, 1.82) is 0 Å². The molecule has 36 heavy (non-hydrogen) atoms. The molecule has 0 saturated heterocycles. The average molecular weight is 489 g/mol. The van der Waals surface area contributed by atoms with Crippen LogP contribution in [-0.2, 0) is 16.1 Å². The maximum absolute atomic E-state index is 13.7. The van der Waals surface area contributed by atoms with Gasteiger partial charge in [-0.3, -0.25) is 9.59 Å². The number of nitrogens with zero attached hydrogens (tertiary/aromatic N) is 3. The molecule has 1 N–H and O–H groups in total. The Kier molecular flexibility index (Phi) is 6.69. The summed E-state index contributed by atoms with van der Waals surface area (Å²) in [6.45, 7) is 2.86. The molecule has 10 heteroatoms. The lowest BCUT2D eigenvalue weighted by atomic mass is 10.1. The average Bonchev–Trinajstić information content (AvgIpc) is 2.87. The summed E-state index contributed by atoms with van der Waals surface area (Å²) >= 11 is 0. The van der Waals surface area contributed by atoms with Crippen LogP contribution in [0.2, 0.25) is 0 Å². The second-order valence-corrected chi connectivity index (χ2v) is 8.05. The smallest absolute Gasteiger partial charge is 0.338 e. The Bertz CT molecular complexity index is 1620. The van der Waals surface area contributed by atoms with Crippen molar-refractivity contribution in [2.45, 2.75) is 20.4 Å². The van der Waals surface area contributed by atoms with Crippen molar-refractivity contribution in [3.63, 3.8) is 0 Å². The molecule has 0 aliphatic heterocycles. The topological polar surface area (TPSA) is 122 Å². The van der Waals surface area contributed by atoms with Crippen LogP contribution in [0.25, 0.3) is 16.7 Å². The summed E-state index contributed by atoms with van der Waals surface area (Å²) in [6, 6.07) is 15.2. The van der Waals surface area contributed by atoms with E-state index in [0.717, 1.165) is 14.7 Å². The molecular weight excluding hydrogens is 464 g/mol. The highest BCUT2D eigenvalue weighted by Crippen LogP contribution is 2.24. The minimum atomic E-state index is -0.839. The number of rotatable bonds is 6. The van der Waals surface area contributed by atoms with Crippen molar-refractivity contribution in [2.24, 2.45) is 0 Å². The van der Waals surface area contributed by atoms with Gasteiger partial charge in [-0.25, -0.2) is 23.7 Å². The highest BCUT2D eigenvalue weighted by Gasteiger charge is 2.24. The van der Waals surface area contributed by atoms with Crippen LogP contribution in [0.3, 0.4) is 0 Å². The molecule has 4 aromatic rings. The summed E-state index contributed by atoms with van der Waals surface area (Å²) in [5.41, 5.74) is 0.272. The molecule has 0 saturated carbocycles. The first kappa shape index (κ1) is 24.4. The van der Waals surface area contributed by atoms with Gasteiger partial charge in [-0.05, 0) is 43.7 Å². The summed E-state index contributed by atoms with van der Waals surface area (Å²) in [7, 11) is 2.63. The van der Waals surface area contributed by atoms with Gasteiger partial charge in [0.2, 0.25) is 5.91 Å². The lowest BCUT2D eigenvalue weighted by molar-refractivity contribution is -0.116. The number of aryl methyl sites for hydroxylation is 2. The molecule has 0 spiro atoms. The lowest BCUT2D eigenvalue weighted by Gasteiger charge is -2.17. The molecule has 0 radical (unpaired) electrons. The maximum Gasteiger partial charge on any atom is 0.338 e. The highest BCUT2D eigenvalue weighted by atomic mass is 16.5. The zero-order valence-electron chi connectivity index (χ0n) is 20.2. The first-order valence-corrected chi connectivity index (χ1v) is 11.0. The molecular formula is C26H24N4O6. The summed E-state index contributed by atoms with van der Waals surface area (Å²) in [5.74, 6) is -1.03. The minimum Gasteiger partial charge on any atom is -0.495 e. The van der Waals surface area contributed by atoms with Gasteiger partial charge in [0.1, 0.15) is 12.3 Å². The van der Waals surface area contributed by atoms with Crippen LogP contribution in [0.5, 0.6) is 5.75 Å². The quantitative estimate of drug-likeness (QED) is 0.414. The van der Waals surface area contributed by atoms with Gasteiger partial charge in [-0.15, -0.1) is 0 Å². The standard InChI is InChI=1S/C26H24N4O6/c1-15-9-5-6-10-18(15)28-21(31)14-29-24(32)22-17(25(33)36-4)13-16(2)27-23(22)30(26(29)34)19-11-7-8-12-20(19)35-3/h5-13H,14H2,1-4H3,(H,28,31). The number of amides is 1. The molecule has 4 rings (SSSR count). The van der Waals surface area contributed by atoms with Crippen molar-refractivity contribution < 1.29 is 19.1 Å². The lowest BCUT2D eigenvalue weighted by Crippen LogP contribution is -2.43. The Morgan fingerprint density at radius 1 is 1.00 bits per heavy atom. The van der Waals surface area contributed by atoms with E-state index in [-0.39, 0.29) is 22.3 Å². The third kappa shape index (κ3) is 4.36. The number of esters is 1. The molecule has 10 nitrogen and oxygen atoms in total. The number of carbonyl (C=O) groups excluding carboxylic acids is 2. The van der Waals surface area contributed by atoms with Gasteiger partial charge in [0, 0.05) is 11.4 Å². The number of carbonyl (C=O) groups is 2. The first-order chi connectivity index (χ1) is 17.3. The minimum absolute atomic E-state index is 0.0505. The zero-order valence-corrected chi connectivity index (χ0v) is 20.2. The van der Waals surface area contributed by atoms with Crippen LogP contribution in [0, 0.1) is 13.8 Å². The van der Waals surface area contributed by atoms with E-state index in [1.165, 1.54) is 20.3 Å². The highest BCUT2D eigenvalue weighted by molar-refractivity contribution is 6.02. The Balaban J connectivity index is 2.02. The van der Waals surface area contributed by atoms with Crippen LogP contribution in [0.1, 0.15) is 21.6 Å². The molecule has 0 unspecified atom stereocenters. The van der Waals surface area contributed by atoms with Crippen LogP contribution in [0.4, 0.5) is 5.69 Å². The number of fused-ring (bicyclic) bond motifs is 1. The third-order valence-electron chi connectivity index (χ3n) is 5.67. The van der Waals surface area contributed by atoms with Gasteiger partial charge in [-0.2, -0.15) is 0 Å². The monoisotopic (exact) mass is 488 g/mol. The Hall–Kier alpha value is -4.73. The third-order valence-corrected chi connectivity index (χ3v) is 5.67. The van der Waals surface area contributed by atoms with Crippen molar-refractivity contribution >= 4 is 28.6 Å². The normalized spacial score (nSPS) is 10.8. The zero-order chi connectivity index (χ0) is 26.0. The van der Waals surface area contributed by atoms with Gasteiger partial charge >= 0.3 is 11.7 Å². The van der Waals surface area contributed by atoms with Crippen molar-refractivity contribution in [2.75, 3.05) is 19.5 Å². The number of methoxy groups -OCH3 is 2. The number of pyridine rings is 1. The maximum atomic E-state index is 13.7. The molecule has 2 aromatic carbocycles. The van der Waals surface area contributed by atoms with Gasteiger partial charge in [0.15, 0.2) is 5.65 Å². The number of nitrogens with one attached hydrogen (secondary N) is 1. The Morgan fingerprint density at radius 3 is 2.39 bits per heavy atom. The summed E-state index contributed by atoms with van der Waals surface area (Å²) in [6.07, 6.45) is 0. The number of benzene rings is 2. The molecule has 1 amide bonds. The summed E-state index contributed by atoms with van der Waals surface area (Å²) < 4.78 is 12.2. The molecule has 184 valence electrons. The molecule has 2 aromatic heterocycles. The number of hydrogen-bond acceptors (Lipinski definition) is 7. The van der Waals surface area contributed by atoms with Gasteiger partial charge in [0.25, 0.3) is 5.56 Å². The van der Waals surface area contributed by atoms with Crippen LogP contribution in [0.15, 0.2) is 64.2 Å². The van der Waals surface area contributed by atoms with Gasteiger partial charge in [0.05, 0.1) is 30.9 Å². The fourth-order valence-electron chi connectivity index (χ4n) is 3.95. The van der Waals surface area contributed by atoms with E-state index in [9.17, 15) is 19.2 Å². The van der Waals surface area contributed by atoms with E-state index < -0.39 is 29.7 Å². The van der Waals surface area contributed by atoms with Crippen molar-refractivity contribution in [3.8, 4) is 11.4 Å². The SMILES string of the molecule is COC(=O)c1cc(C)nc2c1c(=O)n(CC(=O)Nc1ccccc1C)c(=O)n2-c1ccccc1OC. The predicted molar refractivity (Wildman–Crippen MR) is 134 cm³/mol. The second-order valence-electron chi connectivity index (χ2n) is 8.05. The van der Waals surface area contributed by atoms with Crippen molar-refractivity contribution in [1.82, 2.24) is 14.1 Å². The number of ether oxygens (including phenoxy) is 2. The van der Waals surface area contributed by atoms with E-state index in [1.807, 2.05) is 19.1 Å². The summed E-state index contributed by atoms with van der Waals surface area (Å²) in [5, 5.41) is 2.57. The van der Waals surface area contributed by atoms with E-state index in [2.05, 4.69) is 10.3 Å². The van der Waals surface area contributed by atoms with Crippen molar-refractivity contribution in [3.05, 3.63) is 92.3 Å². The molecule has 0 atom stereocenters. The first-order valence-electron chi connectivity index (χ1n) is 11.0. The predicted octanol–water partition coefficient (Wildman–Crippen LogP) is 2.60. The second kappa shape index (κ2) is 9.87. The van der Waals surface area contributed by atoms with Crippen LogP contribution in [-0.4, -0.2) is 40.2 Å². The summed E-state index contributed by atoms with van der Waals surface area (Å²) in [4.78, 5) is 57.3. The van der Waals surface area contributed by atoms with Gasteiger partial charge < -0.3 is 14.8 Å². The van der Waals surface area contributed by atoms with E-state index in [1.54, 1.807) is 43.3 Å². The van der Waals surface area contributed by atoms with Gasteiger partial charge in [-0.1, -0.05) is 30.3 Å². The number of hydrogen-bond donors (Lipinski definition) is 1. The van der Waals surface area contributed by atoms with Crippen LogP contribution < -0.4 is 21.3 Å². The molecule has 0 bridgehead atoms. The number of anilines is 1. The van der Waals surface area contributed by atoms with E-state index >= 15 is 0 Å². The number of aromatic nitrogens is 3. The van der Waals surface area contributed by atoms with Crippen LogP contribution >= 0.6 is 0 Å². The molecule has 2 heterocycles. The van der Waals surface area contributed by atoms with E-state index in [4.69, 9.17) is 9.47 Å². The number of para-hydroxylation sites is 3. The largest absolute Gasteiger partial charge is 0.495 e. The Morgan fingerprint density at radius 2 is 1.69 bits per heavy atom. The molecule has 0 fully saturated rings. The Labute approximate surface area is 205 Å². The molecule has 0 aliphatic rings. The fraction of sp³-hybridized carbons (Fsp3) is 0.192. The fourth-order valence-corrected chi connectivity index (χ4v) is 3.95. The molecule has 0 aliphatic carbocycles.